The zero-order valence-electron chi connectivity index (χ0n) is 11.4. The fraction of sp³-hybridized carbons (Fsp3) is 0.833. The average molecular weight is 244 g/mol. The second-order valence-corrected chi connectivity index (χ2v) is 4.19. The predicted octanol–water partition coefficient (Wildman–Crippen LogP) is 0.785. The fourth-order valence-electron chi connectivity index (χ4n) is 1.92. The number of amides is 1. The molecule has 100 valence electrons. The van der Waals surface area contributed by atoms with Crippen molar-refractivity contribution in [2.45, 2.75) is 45.7 Å². The van der Waals surface area contributed by atoms with E-state index in [1.165, 1.54) is 14.0 Å². The van der Waals surface area contributed by atoms with Gasteiger partial charge in [0.2, 0.25) is 5.91 Å². The van der Waals surface area contributed by atoms with Gasteiger partial charge in [-0.25, -0.2) is 4.79 Å². The maximum absolute atomic E-state index is 11.5. The Balaban J connectivity index is 4.51. The van der Waals surface area contributed by atoms with Gasteiger partial charge in [-0.05, 0) is 19.9 Å². The van der Waals surface area contributed by atoms with E-state index in [0.717, 1.165) is 12.8 Å². The van der Waals surface area contributed by atoms with Gasteiger partial charge in [0.05, 0.1) is 7.11 Å². The number of ether oxygens (including phenoxy) is 1. The minimum atomic E-state index is -0.594. The first-order valence-electron chi connectivity index (χ1n) is 6.01. The maximum Gasteiger partial charge on any atom is 0.329 e. The summed E-state index contributed by atoms with van der Waals surface area (Å²) >= 11 is 0. The molecule has 0 radical (unpaired) electrons. The molecule has 0 rings (SSSR count). The van der Waals surface area contributed by atoms with Gasteiger partial charge in [0.25, 0.3) is 0 Å². The van der Waals surface area contributed by atoms with E-state index in [9.17, 15) is 9.59 Å². The number of esters is 1. The van der Waals surface area contributed by atoms with E-state index >= 15 is 0 Å². The molecule has 5 nitrogen and oxygen atoms in total. The van der Waals surface area contributed by atoms with Gasteiger partial charge in [0, 0.05) is 19.5 Å². The third-order valence-corrected chi connectivity index (χ3v) is 2.90. The molecule has 1 atom stereocenters. The minimum Gasteiger partial charge on any atom is -0.467 e. The highest BCUT2D eigenvalue weighted by atomic mass is 16.5. The molecule has 0 saturated carbocycles. The number of methoxy groups -OCH3 is 1. The normalized spacial score (nSPS) is 12.6. The van der Waals surface area contributed by atoms with Crippen molar-refractivity contribution in [3.8, 4) is 0 Å². The van der Waals surface area contributed by atoms with E-state index in [2.05, 4.69) is 28.8 Å². The summed E-state index contributed by atoms with van der Waals surface area (Å²) in [6.07, 6.45) is 2.03. The SMILES string of the molecule is CCC(CC)N(C)CC(NC(C)=O)C(=O)OC. The molecule has 0 aromatic carbocycles. The molecule has 0 spiro atoms. The van der Waals surface area contributed by atoms with Crippen LogP contribution in [0.3, 0.4) is 0 Å². The van der Waals surface area contributed by atoms with Crippen molar-refractivity contribution >= 4 is 11.9 Å². The first-order valence-corrected chi connectivity index (χ1v) is 6.01. The summed E-state index contributed by atoms with van der Waals surface area (Å²) in [6, 6.07) is -0.181. The third kappa shape index (κ3) is 5.68. The number of carbonyl (C=O) groups excluding carboxylic acids is 2. The largest absolute Gasteiger partial charge is 0.467 e. The van der Waals surface area contributed by atoms with Crippen molar-refractivity contribution in [2.75, 3.05) is 20.7 Å². The molecule has 0 heterocycles. The van der Waals surface area contributed by atoms with Gasteiger partial charge in [0.15, 0.2) is 0 Å². The Labute approximate surface area is 103 Å². The molecule has 0 saturated heterocycles. The van der Waals surface area contributed by atoms with Crippen LogP contribution >= 0.6 is 0 Å². The lowest BCUT2D eigenvalue weighted by Gasteiger charge is -2.29. The lowest BCUT2D eigenvalue weighted by atomic mass is 10.1. The second-order valence-electron chi connectivity index (χ2n) is 4.19. The Kier molecular flexibility index (Phi) is 7.54. The molecule has 1 N–H and O–H groups in total. The summed E-state index contributed by atoms with van der Waals surface area (Å²) in [6.45, 7) is 6.08. The van der Waals surface area contributed by atoms with Crippen LogP contribution in [0.1, 0.15) is 33.6 Å². The Bertz CT molecular complexity index is 252. The second kappa shape index (κ2) is 8.06. The number of likely N-dealkylation sites (N-methyl/N-ethyl adjacent to an activating group) is 1. The molecule has 0 aromatic rings. The number of hydrogen-bond donors (Lipinski definition) is 1. The fourth-order valence-corrected chi connectivity index (χ4v) is 1.92. The summed E-state index contributed by atoms with van der Waals surface area (Å²) in [5.74, 6) is -0.628. The van der Waals surface area contributed by atoms with Crippen LogP contribution in [0.2, 0.25) is 0 Å². The summed E-state index contributed by atoms with van der Waals surface area (Å²) in [7, 11) is 3.28. The van der Waals surface area contributed by atoms with Crippen molar-refractivity contribution in [1.82, 2.24) is 10.2 Å². The van der Waals surface area contributed by atoms with Gasteiger partial charge in [0.1, 0.15) is 6.04 Å². The van der Waals surface area contributed by atoms with E-state index < -0.39 is 12.0 Å². The van der Waals surface area contributed by atoms with Crippen LogP contribution in [0.25, 0.3) is 0 Å². The highest BCUT2D eigenvalue weighted by Crippen LogP contribution is 2.07. The topological polar surface area (TPSA) is 58.6 Å². The number of carbonyl (C=O) groups is 2. The molecule has 0 aliphatic carbocycles. The molecule has 0 fully saturated rings. The first-order chi connectivity index (χ1) is 7.96. The van der Waals surface area contributed by atoms with Gasteiger partial charge in [-0.1, -0.05) is 13.8 Å². The molecule has 0 bridgehead atoms. The van der Waals surface area contributed by atoms with Crippen molar-refractivity contribution in [3.05, 3.63) is 0 Å². The summed E-state index contributed by atoms with van der Waals surface area (Å²) in [5.41, 5.74) is 0. The van der Waals surface area contributed by atoms with Crippen LogP contribution in [-0.4, -0.2) is 49.6 Å². The average Bonchev–Trinajstić information content (AvgIpc) is 2.28. The smallest absolute Gasteiger partial charge is 0.329 e. The number of hydrogen-bond acceptors (Lipinski definition) is 4. The molecule has 17 heavy (non-hydrogen) atoms. The Morgan fingerprint density at radius 2 is 1.82 bits per heavy atom. The van der Waals surface area contributed by atoms with Crippen LogP contribution in [-0.2, 0) is 14.3 Å². The Hall–Kier alpha value is -1.10. The highest BCUT2D eigenvalue weighted by molar-refractivity contribution is 5.83. The molecule has 0 aliphatic rings. The standard InChI is InChI=1S/C12H24N2O3/c1-6-10(7-2)14(4)8-11(12(16)17-5)13-9(3)15/h10-11H,6-8H2,1-5H3,(H,13,15). The van der Waals surface area contributed by atoms with Crippen molar-refractivity contribution in [3.63, 3.8) is 0 Å². The Morgan fingerprint density at radius 1 is 1.29 bits per heavy atom. The number of rotatable bonds is 7. The number of nitrogens with one attached hydrogen (secondary N) is 1. The van der Waals surface area contributed by atoms with Gasteiger partial charge >= 0.3 is 5.97 Å². The van der Waals surface area contributed by atoms with Crippen molar-refractivity contribution < 1.29 is 14.3 Å². The van der Waals surface area contributed by atoms with Crippen LogP contribution in [0.15, 0.2) is 0 Å². The molecule has 1 amide bonds. The van der Waals surface area contributed by atoms with Crippen molar-refractivity contribution in [2.24, 2.45) is 0 Å². The van der Waals surface area contributed by atoms with Gasteiger partial charge in [-0.3, -0.25) is 4.79 Å². The zero-order valence-corrected chi connectivity index (χ0v) is 11.4. The summed E-state index contributed by atoms with van der Waals surface area (Å²) in [5, 5.41) is 2.61. The molecular formula is C12H24N2O3. The third-order valence-electron chi connectivity index (χ3n) is 2.90. The monoisotopic (exact) mass is 244 g/mol. The Morgan fingerprint density at radius 3 is 2.18 bits per heavy atom. The van der Waals surface area contributed by atoms with Crippen LogP contribution < -0.4 is 5.32 Å². The zero-order chi connectivity index (χ0) is 13.4. The molecule has 5 heteroatoms. The van der Waals surface area contributed by atoms with Gasteiger partial charge in [-0.2, -0.15) is 0 Å². The van der Waals surface area contributed by atoms with Crippen LogP contribution in [0.4, 0.5) is 0 Å². The van der Waals surface area contributed by atoms with E-state index in [-0.39, 0.29) is 5.91 Å². The molecule has 1 unspecified atom stereocenters. The van der Waals surface area contributed by atoms with Crippen LogP contribution in [0, 0.1) is 0 Å². The first kappa shape index (κ1) is 15.9. The van der Waals surface area contributed by atoms with E-state index in [1.807, 2.05) is 7.05 Å². The van der Waals surface area contributed by atoms with E-state index in [0.29, 0.717) is 12.6 Å². The van der Waals surface area contributed by atoms with E-state index in [4.69, 9.17) is 0 Å². The van der Waals surface area contributed by atoms with E-state index in [1.54, 1.807) is 0 Å². The lowest BCUT2D eigenvalue weighted by molar-refractivity contribution is -0.145. The summed E-state index contributed by atoms with van der Waals surface area (Å²) in [4.78, 5) is 24.6. The predicted molar refractivity (Wildman–Crippen MR) is 66.6 cm³/mol. The minimum absolute atomic E-state index is 0.224. The highest BCUT2D eigenvalue weighted by Gasteiger charge is 2.23. The van der Waals surface area contributed by atoms with Gasteiger partial charge in [-0.15, -0.1) is 0 Å². The van der Waals surface area contributed by atoms with Crippen molar-refractivity contribution in [1.29, 1.82) is 0 Å². The van der Waals surface area contributed by atoms with Gasteiger partial charge < -0.3 is 15.0 Å². The molecule has 0 aliphatic heterocycles. The molecule has 0 aromatic heterocycles. The summed E-state index contributed by atoms with van der Waals surface area (Å²) < 4.78 is 4.68. The lowest BCUT2D eigenvalue weighted by Crippen LogP contribution is -2.49. The maximum atomic E-state index is 11.5. The molecular weight excluding hydrogens is 220 g/mol. The number of nitrogens with zero attached hydrogens (tertiary/aromatic N) is 1. The van der Waals surface area contributed by atoms with Crippen LogP contribution in [0.5, 0.6) is 0 Å². The quantitative estimate of drug-likeness (QED) is 0.673.